The topological polar surface area (TPSA) is 187 Å². The van der Waals surface area contributed by atoms with Crippen LogP contribution in [0.3, 0.4) is 0 Å². The molecule has 2 aromatic rings. The van der Waals surface area contributed by atoms with Crippen LogP contribution >= 0.6 is 0 Å². The van der Waals surface area contributed by atoms with Gasteiger partial charge in [0.15, 0.2) is 12.4 Å². The van der Waals surface area contributed by atoms with Gasteiger partial charge in [-0.15, -0.1) is 0 Å². The maximum Gasteiger partial charge on any atom is 0.314 e. The van der Waals surface area contributed by atoms with E-state index in [4.69, 9.17) is 9.47 Å². The number of hydrogen-bond acceptors (Lipinski definition) is 8. The smallest absolute Gasteiger partial charge is 0.314 e. The summed E-state index contributed by atoms with van der Waals surface area (Å²) in [5.41, 5.74) is -4.01. The number of nitro benzene ring substituents is 1. The number of carboxylic acids is 2. The van der Waals surface area contributed by atoms with E-state index >= 15 is 0 Å². The molecule has 0 radical (unpaired) electrons. The van der Waals surface area contributed by atoms with E-state index in [-0.39, 0.29) is 30.3 Å². The number of aliphatic carboxylic acids is 2. The molecule has 13 heteroatoms. The molecule has 0 saturated carbocycles. The van der Waals surface area contributed by atoms with Crippen molar-refractivity contribution in [1.29, 1.82) is 0 Å². The quantitative estimate of drug-likeness (QED) is 0.310. The number of carbonyl (C=O) groups is 3. The number of fused-ring (bicyclic) bond motifs is 1. The van der Waals surface area contributed by atoms with Crippen LogP contribution in [-0.2, 0) is 25.7 Å². The molecule has 0 bridgehead atoms. The first kappa shape index (κ1) is 26.9. The van der Waals surface area contributed by atoms with Crippen molar-refractivity contribution < 1.29 is 39.0 Å². The normalized spacial score (nSPS) is 20.7. The van der Waals surface area contributed by atoms with E-state index in [1.54, 1.807) is 0 Å². The molecule has 2 atom stereocenters. The van der Waals surface area contributed by atoms with E-state index < -0.39 is 45.8 Å². The van der Waals surface area contributed by atoms with Gasteiger partial charge < -0.3 is 29.6 Å². The third-order valence-electron chi connectivity index (χ3n) is 6.46. The maximum atomic E-state index is 13.1. The van der Waals surface area contributed by atoms with Crippen LogP contribution in [0.5, 0.6) is 5.75 Å². The van der Waals surface area contributed by atoms with Gasteiger partial charge in [0.25, 0.3) is 17.2 Å². The van der Waals surface area contributed by atoms with Crippen molar-refractivity contribution in [3.63, 3.8) is 0 Å². The number of nitrogens with one attached hydrogen (secondary N) is 1. The lowest BCUT2D eigenvalue weighted by Gasteiger charge is -2.38. The number of benzene rings is 1. The number of likely N-dealkylation sites (N-methyl/N-ethyl adjacent to an activating group) is 1. The number of aromatic nitrogens is 1. The van der Waals surface area contributed by atoms with E-state index in [1.807, 2.05) is 0 Å². The molecular weight excluding hydrogens is 490 g/mol. The summed E-state index contributed by atoms with van der Waals surface area (Å²) in [5, 5.41) is 33.2. The SMILES string of the molecule is CNC(=O)COc1cc2cc([N+](=O)[O-])ccc2n(CCOC2=CC(C)(C(=O)O)C(C)(C(=O)O)C=C2)c1=O. The van der Waals surface area contributed by atoms with Crippen LogP contribution in [0, 0.1) is 20.9 Å². The number of ether oxygens (including phenoxy) is 2. The van der Waals surface area contributed by atoms with Gasteiger partial charge in [-0.25, -0.2) is 0 Å². The summed E-state index contributed by atoms with van der Waals surface area (Å²) in [6.45, 7) is 1.91. The average molecular weight is 515 g/mol. The Morgan fingerprint density at radius 3 is 2.38 bits per heavy atom. The van der Waals surface area contributed by atoms with Crippen LogP contribution in [0.15, 0.2) is 53.0 Å². The Hall–Kier alpha value is -4.68. The maximum absolute atomic E-state index is 13.1. The minimum Gasteiger partial charge on any atom is -0.492 e. The zero-order valence-corrected chi connectivity index (χ0v) is 20.2. The van der Waals surface area contributed by atoms with Gasteiger partial charge in [0.2, 0.25) is 0 Å². The number of nitro groups is 1. The summed E-state index contributed by atoms with van der Waals surface area (Å²) in [5.74, 6) is -3.26. The first-order valence-electron chi connectivity index (χ1n) is 11.0. The van der Waals surface area contributed by atoms with Gasteiger partial charge in [-0.05, 0) is 38.1 Å². The first-order chi connectivity index (χ1) is 17.3. The Balaban J connectivity index is 1.93. The Kier molecular flexibility index (Phi) is 7.37. The van der Waals surface area contributed by atoms with E-state index in [2.05, 4.69) is 5.32 Å². The monoisotopic (exact) mass is 515 g/mol. The molecule has 0 aliphatic heterocycles. The summed E-state index contributed by atoms with van der Waals surface area (Å²) in [6, 6.07) is 5.21. The van der Waals surface area contributed by atoms with E-state index in [0.29, 0.717) is 10.9 Å². The van der Waals surface area contributed by atoms with E-state index in [0.717, 1.165) is 0 Å². The highest BCUT2D eigenvalue weighted by Gasteiger charge is 2.54. The molecule has 2 unspecified atom stereocenters. The Bertz CT molecular complexity index is 1410. The number of allylic oxidation sites excluding steroid dienone is 1. The van der Waals surface area contributed by atoms with Gasteiger partial charge >= 0.3 is 11.9 Å². The lowest BCUT2D eigenvalue weighted by molar-refractivity contribution is -0.384. The first-order valence-corrected chi connectivity index (χ1v) is 11.0. The fourth-order valence-electron chi connectivity index (χ4n) is 3.83. The number of hydrogen-bond donors (Lipinski definition) is 3. The molecule has 0 saturated heterocycles. The molecule has 13 nitrogen and oxygen atoms in total. The molecule has 1 aromatic carbocycles. The largest absolute Gasteiger partial charge is 0.492 e. The number of pyridine rings is 1. The molecule has 1 amide bonds. The molecule has 3 rings (SSSR count). The number of rotatable bonds is 10. The summed E-state index contributed by atoms with van der Waals surface area (Å²) in [4.78, 5) is 59.0. The Morgan fingerprint density at radius 1 is 1.11 bits per heavy atom. The molecular formula is C24H25N3O10. The van der Waals surface area contributed by atoms with Gasteiger partial charge in [0.05, 0.1) is 17.0 Å². The highest BCUT2D eigenvalue weighted by molar-refractivity contribution is 5.90. The van der Waals surface area contributed by atoms with Crippen LogP contribution in [0.2, 0.25) is 0 Å². The molecule has 1 heterocycles. The Labute approximate surface area is 209 Å². The van der Waals surface area contributed by atoms with Crippen molar-refractivity contribution in [2.75, 3.05) is 20.3 Å². The lowest BCUT2D eigenvalue weighted by Crippen LogP contribution is -2.48. The van der Waals surface area contributed by atoms with E-state index in [1.165, 1.54) is 68.0 Å². The molecule has 1 aliphatic rings. The van der Waals surface area contributed by atoms with Crippen LogP contribution in [0.4, 0.5) is 5.69 Å². The fourth-order valence-corrected chi connectivity index (χ4v) is 3.83. The number of carboxylic acid groups (broad SMARTS) is 2. The Morgan fingerprint density at radius 2 is 1.78 bits per heavy atom. The number of carbonyl (C=O) groups excluding carboxylic acids is 1. The molecule has 1 aromatic heterocycles. The molecule has 1 aliphatic carbocycles. The standard InChI is InChI=1S/C24H25N3O10/c1-23(21(30)31)7-6-16(12-24(23,2)22(32)33)36-9-8-26-17-5-4-15(27(34)35)10-14(17)11-18(20(26)29)37-13-19(28)25-3/h4-7,10-12H,8-9,13H2,1-3H3,(H,25,28)(H,30,31)(H,32,33). The molecule has 3 N–H and O–H groups in total. The van der Waals surface area contributed by atoms with Crippen molar-refractivity contribution in [2.24, 2.45) is 10.8 Å². The van der Waals surface area contributed by atoms with Gasteiger partial charge in [-0.2, -0.15) is 0 Å². The molecule has 37 heavy (non-hydrogen) atoms. The van der Waals surface area contributed by atoms with Crippen molar-refractivity contribution in [3.05, 3.63) is 68.7 Å². The fraction of sp³-hybridized carbons (Fsp3) is 0.333. The lowest BCUT2D eigenvalue weighted by atomic mass is 9.63. The zero-order chi connectivity index (χ0) is 27.5. The highest BCUT2D eigenvalue weighted by atomic mass is 16.6. The summed E-state index contributed by atoms with van der Waals surface area (Å²) >= 11 is 0. The minimum absolute atomic E-state index is 0.0739. The van der Waals surface area contributed by atoms with Crippen LogP contribution < -0.4 is 15.6 Å². The van der Waals surface area contributed by atoms with Crippen LogP contribution in [0.1, 0.15) is 13.8 Å². The van der Waals surface area contributed by atoms with Gasteiger partial charge in [0, 0.05) is 24.6 Å². The molecule has 0 fully saturated rings. The summed E-state index contributed by atoms with van der Waals surface area (Å²) in [6.07, 6.45) is 3.80. The minimum atomic E-state index is -1.81. The third-order valence-corrected chi connectivity index (χ3v) is 6.46. The predicted octanol–water partition coefficient (Wildman–Crippen LogP) is 1.69. The van der Waals surface area contributed by atoms with Crippen molar-refractivity contribution in [1.82, 2.24) is 9.88 Å². The van der Waals surface area contributed by atoms with Gasteiger partial charge in [-0.3, -0.25) is 29.3 Å². The second-order valence-corrected chi connectivity index (χ2v) is 8.67. The van der Waals surface area contributed by atoms with Gasteiger partial charge in [-0.1, -0.05) is 6.08 Å². The molecule has 0 spiro atoms. The second kappa shape index (κ2) is 10.1. The van der Waals surface area contributed by atoms with Crippen LogP contribution in [-0.4, -0.2) is 57.8 Å². The van der Waals surface area contributed by atoms with Crippen molar-refractivity contribution in [3.8, 4) is 5.75 Å². The second-order valence-electron chi connectivity index (χ2n) is 8.67. The molecule has 196 valence electrons. The number of nitrogens with zero attached hydrogens (tertiary/aromatic N) is 2. The average Bonchev–Trinajstić information content (AvgIpc) is 2.85. The summed E-state index contributed by atoms with van der Waals surface area (Å²) < 4.78 is 12.3. The number of non-ortho nitro benzene ring substituents is 1. The predicted molar refractivity (Wildman–Crippen MR) is 129 cm³/mol. The zero-order valence-electron chi connectivity index (χ0n) is 20.2. The highest BCUT2D eigenvalue weighted by Crippen LogP contribution is 2.46. The third kappa shape index (κ3) is 5.01. The summed E-state index contributed by atoms with van der Waals surface area (Å²) in [7, 11) is 1.40. The van der Waals surface area contributed by atoms with Crippen molar-refractivity contribution in [2.45, 2.75) is 20.4 Å². The van der Waals surface area contributed by atoms with Crippen LogP contribution in [0.25, 0.3) is 10.9 Å². The number of amides is 1. The van der Waals surface area contributed by atoms with Gasteiger partial charge in [0.1, 0.15) is 23.2 Å². The van der Waals surface area contributed by atoms with Crippen molar-refractivity contribution >= 4 is 34.4 Å². The van der Waals surface area contributed by atoms with E-state index in [9.17, 15) is 39.5 Å².